The van der Waals surface area contributed by atoms with Crippen molar-refractivity contribution in [2.45, 2.75) is 13.0 Å². The van der Waals surface area contributed by atoms with E-state index in [2.05, 4.69) is 17.1 Å². The van der Waals surface area contributed by atoms with Crippen molar-refractivity contribution >= 4 is 16.5 Å². The molecule has 25 heavy (non-hydrogen) atoms. The summed E-state index contributed by atoms with van der Waals surface area (Å²) >= 11 is 0. The van der Waals surface area contributed by atoms with Gasteiger partial charge in [0.1, 0.15) is 11.5 Å². The number of fused-ring (bicyclic) bond motifs is 1. The van der Waals surface area contributed by atoms with Crippen LogP contribution >= 0.6 is 0 Å². The Balaban J connectivity index is 1.76. The molecule has 0 unspecified atom stereocenters. The molecule has 2 N–H and O–H groups in total. The van der Waals surface area contributed by atoms with Crippen molar-refractivity contribution < 1.29 is 9.52 Å². The molecule has 2 heterocycles. The van der Waals surface area contributed by atoms with E-state index in [-0.39, 0.29) is 11.4 Å². The minimum Gasteiger partial charge on any atom is -0.508 e. The molecule has 128 valence electrons. The van der Waals surface area contributed by atoms with Crippen molar-refractivity contribution in [1.29, 1.82) is 0 Å². The second kappa shape index (κ2) is 6.26. The van der Waals surface area contributed by atoms with E-state index in [1.54, 1.807) is 24.3 Å². The molecule has 1 aliphatic rings. The number of rotatable bonds is 2. The van der Waals surface area contributed by atoms with Gasteiger partial charge in [-0.3, -0.25) is 0 Å². The van der Waals surface area contributed by atoms with Crippen molar-refractivity contribution in [3.05, 3.63) is 59.0 Å². The summed E-state index contributed by atoms with van der Waals surface area (Å²) in [7, 11) is 0. The number of hydrogen-bond donors (Lipinski definition) is 2. The lowest BCUT2D eigenvalue weighted by atomic mass is 10.1. The highest BCUT2D eigenvalue weighted by Crippen LogP contribution is 2.27. The molecule has 0 amide bonds. The van der Waals surface area contributed by atoms with Crippen molar-refractivity contribution in [2.75, 3.05) is 24.5 Å². The second-order valence-electron chi connectivity index (χ2n) is 6.52. The number of phenols is 1. The van der Waals surface area contributed by atoms with Crippen LogP contribution in [0.4, 0.5) is 5.69 Å². The van der Waals surface area contributed by atoms with E-state index in [1.165, 1.54) is 0 Å². The van der Waals surface area contributed by atoms with Gasteiger partial charge in [-0.1, -0.05) is 18.2 Å². The third kappa shape index (κ3) is 3.10. The molecule has 0 aliphatic carbocycles. The van der Waals surface area contributed by atoms with Gasteiger partial charge in [0.15, 0.2) is 0 Å². The molecule has 1 aromatic heterocycles. The van der Waals surface area contributed by atoms with Crippen LogP contribution in [0, 0.1) is 0 Å². The van der Waals surface area contributed by atoms with Gasteiger partial charge in [0.25, 0.3) is 0 Å². The van der Waals surface area contributed by atoms with Crippen molar-refractivity contribution in [3.63, 3.8) is 0 Å². The van der Waals surface area contributed by atoms with Crippen LogP contribution in [0.1, 0.15) is 6.92 Å². The van der Waals surface area contributed by atoms with Crippen LogP contribution < -0.4 is 15.8 Å². The van der Waals surface area contributed by atoms with Gasteiger partial charge in [-0.05, 0) is 42.6 Å². The van der Waals surface area contributed by atoms with Crippen LogP contribution in [0.3, 0.4) is 0 Å². The third-order valence-electron chi connectivity index (χ3n) is 4.61. The number of benzene rings is 2. The van der Waals surface area contributed by atoms with E-state index in [0.29, 0.717) is 22.8 Å². The molecule has 0 saturated carbocycles. The normalized spacial score (nSPS) is 17.8. The van der Waals surface area contributed by atoms with Crippen LogP contribution in [0.5, 0.6) is 5.75 Å². The number of anilines is 1. The van der Waals surface area contributed by atoms with Gasteiger partial charge in [0, 0.05) is 36.9 Å². The van der Waals surface area contributed by atoms with E-state index in [4.69, 9.17) is 4.42 Å². The number of piperazine rings is 1. The fourth-order valence-electron chi connectivity index (χ4n) is 3.34. The molecule has 0 radical (unpaired) electrons. The molecular formula is C20H20N2O3. The summed E-state index contributed by atoms with van der Waals surface area (Å²) in [6.07, 6.45) is 0. The molecule has 1 fully saturated rings. The molecule has 5 nitrogen and oxygen atoms in total. The first kappa shape index (κ1) is 15.7. The molecule has 3 aromatic rings. The first-order valence-corrected chi connectivity index (χ1v) is 8.46. The Hall–Kier alpha value is -2.79. The van der Waals surface area contributed by atoms with Gasteiger partial charge in [-0.15, -0.1) is 0 Å². The lowest BCUT2D eigenvalue weighted by Crippen LogP contribution is -2.49. The number of nitrogens with zero attached hydrogens (tertiary/aromatic N) is 1. The average molecular weight is 336 g/mol. The predicted molar refractivity (Wildman–Crippen MR) is 99.3 cm³/mol. The van der Waals surface area contributed by atoms with Crippen molar-refractivity contribution in [1.82, 2.24) is 5.32 Å². The maximum Gasteiger partial charge on any atom is 0.344 e. The summed E-state index contributed by atoms with van der Waals surface area (Å²) in [6, 6.07) is 14.9. The highest BCUT2D eigenvalue weighted by molar-refractivity contribution is 5.87. The standard InChI is InChI=1S/C20H20N2O3/c1-13-12-22(8-7-21-13)16-6-5-14-10-19(25-20(24)18(14)11-16)15-3-2-4-17(23)9-15/h2-6,9-11,13,21,23H,7-8,12H2,1H3/t13-/m0/s1. The summed E-state index contributed by atoms with van der Waals surface area (Å²) in [5.41, 5.74) is 1.36. The zero-order valence-electron chi connectivity index (χ0n) is 14.0. The zero-order valence-corrected chi connectivity index (χ0v) is 14.0. The monoisotopic (exact) mass is 336 g/mol. The highest BCUT2D eigenvalue weighted by atomic mass is 16.4. The van der Waals surface area contributed by atoms with Crippen LogP contribution in [-0.2, 0) is 0 Å². The molecule has 1 aliphatic heterocycles. The van der Waals surface area contributed by atoms with Crippen molar-refractivity contribution in [3.8, 4) is 17.1 Å². The van der Waals surface area contributed by atoms with Gasteiger partial charge in [0.2, 0.25) is 0 Å². The summed E-state index contributed by atoms with van der Waals surface area (Å²) in [4.78, 5) is 14.8. The lowest BCUT2D eigenvalue weighted by Gasteiger charge is -2.33. The van der Waals surface area contributed by atoms with Gasteiger partial charge in [-0.25, -0.2) is 4.79 Å². The summed E-state index contributed by atoms with van der Waals surface area (Å²) in [5.74, 6) is 0.598. The first-order valence-electron chi connectivity index (χ1n) is 8.46. The molecule has 0 spiro atoms. The van der Waals surface area contributed by atoms with E-state index in [0.717, 1.165) is 30.7 Å². The molecule has 1 saturated heterocycles. The van der Waals surface area contributed by atoms with Crippen LogP contribution in [-0.4, -0.2) is 30.8 Å². The minimum atomic E-state index is -0.360. The van der Waals surface area contributed by atoms with Crippen LogP contribution in [0.15, 0.2) is 57.7 Å². The maximum absolute atomic E-state index is 12.5. The van der Waals surface area contributed by atoms with Gasteiger partial charge in [-0.2, -0.15) is 0 Å². The first-order chi connectivity index (χ1) is 12.1. The Labute approximate surface area is 145 Å². The zero-order chi connectivity index (χ0) is 17.4. The SMILES string of the molecule is C[C@H]1CN(c2ccc3cc(-c4cccc(O)c4)oc(=O)c3c2)CCN1. The fraction of sp³-hybridized carbons (Fsp3) is 0.250. The molecule has 0 bridgehead atoms. The Kier molecular flexibility index (Phi) is 3.93. The largest absolute Gasteiger partial charge is 0.508 e. The Morgan fingerprint density at radius 2 is 2.08 bits per heavy atom. The van der Waals surface area contributed by atoms with Crippen LogP contribution in [0.2, 0.25) is 0 Å². The molecule has 5 heteroatoms. The van der Waals surface area contributed by atoms with E-state index in [9.17, 15) is 9.90 Å². The smallest absolute Gasteiger partial charge is 0.344 e. The average Bonchev–Trinajstić information content (AvgIpc) is 2.61. The topological polar surface area (TPSA) is 65.7 Å². The number of nitrogens with one attached hydrogen (secondary N) is 1. The molecule has 4 rings (SSSR count). The molecule has 1 atom stereocenters. The number of phenolic OH excluding ortho intramolecular Hbond substituents is 1. The van der Waals surface area contributed by atoms with Gasteiger partial charge >= 0.3 is 5.63 Å². The predicted octanol–water partition coefficient (Wildman–Crippen LogP) is 2.96. The fourth-order valence-corrected chi connectivity index (χ4v) is 3.34. The van der Waals surface area contributed by atoms with Crippen LogP contribution in [0.25, 0.3) is 22.1 Å². The van der Waals surface area contributed by atoms with Gasteiger partial charge < -0.3 is 19.7 Å². The van der Waals surface area contributed by atoms with Crippen molar-refractivity contribution in [2.24, 2.45) is 0 Å². The summed E-state index contributed by atoms with van der Waals surface area (Å²) < 4.78 is 5.50. The number of hydrogen-bond acceptors (Lipinski definition) is 5. The van der Waals surface area contributed by atoms with E-state index >= 15 is 0 Å². The Morgan fingerprint density at radius 1 is 1.20 bits per heavy atom. The van der Waals surface area contributed by atoms with E-state index in [1.807, 2.05) is 24.3 Å². The molecular weight excluding hydrogens is 316 g/mol. The lowest BCUT2D eigenvalue weighted by molar-refractivity contribution is 0.474. The summed E-state index contributed by atoms with van der Waals surface area (Å²) in [6.45, 7) is 4.92. The molecule has 2 aromatic carbocycles. The third-order valence-corrected chi connectivity index (χ3v) is 4.61. The second-order valence-corrected chi connectivity index (χ2v) is 6.52. The Bertz CT molecular complexity index is 980. The van der Waals surface area contributed by atoms with E-state index < -0.39 is 0 Å². The number of aromatic hydroxyl groups is 1. The maximum atomic E-state index is 12.5. The Morgan fingerprint density at radius 3 is 2.88 bits per heavy atom. The highest BCUT2D eigenvalue weighted by Gasteiger charge is 2.17. The quantitative estimate of drug-likeness (QED) is 0.753. The van der Waals surface area contributed by atoms with Gasteiger partial charge in [0.05, 0.1) is 5.39 Å². The summed E-state index contributed by atoms with van der Waals surface area (Å²) in [5, 5.41) is 14.5. The minimum absolute atomic E-state index is 0.142.